The molecule has 2 aliphatic rings. The van der Waals surface area contributed by atoms with Crippen molar-refractivity contribution in [2.75, 3.05) is 50.0 Å². The predicted octanol–water partition coefficient (Wildman–Crippen LogP) is 1.74. The minimum Gasteiger partial charge on any atom is -0.388 e. The Balaban J connectivity index is 1.56. The molecule has 6 heteroatoms. The average molecular weight is 325 g/mol. The van der Waals surface area contributed by atoms with Gasteiger partial charge in [-0.05, 0) is 31.7 Å². The fourth-order valence-electron chi connectivity index (χ4n) is 3.30. The van der Waals surface area contributed by atoms with E-state index in [9.17, 15) is 5.11 Å². The highest BCUT2D eigenvalue weighted by atomic mass is 16.3. The van der Waals surface area contributed by atoms with E-state index in [0.717, 1.165) is 67.5 Å². The maximum atomic E-state index is 10.2. The molecule has 24 heavy (non-hydrogen) atoms. The number of piperazine rings is 1. The second kappa shape index (κ2) is 6.37. The summed E-state index contributed by atoms with van der Waals surface area (Å²) in [5.74, 6) is 1.82. The Morgan fingerprint density at radius 3 is 2.62 bits per heavy atom. The van der Waals surface area contributed by atoms with E-state index in [0.29, 0.717) is 0 Å². The van der Waals surface area contributed by atoms with Crippen LogP contribution in [-0.2, 0) is 0 Å². The molecule has 0 amide bonds. The van der Waals surface area contributed by atoms with Gasteiger partial charge >= 0.3 is 0 Å². The van der Waals surface area contributed by atoms with Crippen LogP contribution in [0.3, 0.4) is 0 Å². The third-order valence-electron chi connectivity index (χ3n) is 4.89. The third kappa shape index (κ3) is 2.95. The molecule has 0 radical (unpaired) electrons. The first-order valence-corrected chi connectivity index (χ1v) is 8.52. The minimum absolute atomic E-state index is 0.439. The Kier molecular flexibility index (Phi) is 4.08. The number of nitrogens with one attached hydrogen (secondary N) is 1. The first kappa shape index (κ1) is 15.4. The molecule has 0 saturated carbocycles. The summed E-state index contributed by atoms with van der Waals surface area (Å²) < 4.78 is 0. The summed E-state index contributed by atoms with van der Waals surface area (Å²) in [4.78, 5) is 13.7. The van der Waals surface area contributed by atoms with E-state index in [2.05, 4.69) is 44.3 Å². The zero-order chi connectivity index (χ0) is 16.5. The molecular weight excluding hydrogens is 302 g/mol. The Hall–Kier alpha value is -2.18. The van der Waals surface area contributed by atoms with Crippen molar-refractivity contribution in [1.29, 1.82) is 0 Å². The van der Waals surface area contributed by atoms with E-state index >= 15 is 0 Å². The molecular formula is C18H23N5O. The number of anilines is 2. The summed E-state index contributed by atoms with van der Waals surface area (Å²) in [5, 5.41) is 13.4. The fourth-order valence-corrected chi connectivity index (χ4v) is 3.30. The van der Waals surface area contributed by atoms with Gasteiger partial charge < -0.3 is 20.2 Å². The van der Waals surface area contributed by atoms with Gasteiger partial charge in [0, 0.05) is 61.8 Å². The Labute approximate surface area is 142 Å². The van der Waals surface area contributed by atoms with Gasteiger partial charge in [0.05, 0.1) is 6.10 Å². The molecule has 0 aromatic carbocycles. The van der Waals surface area contributed by atoms with Crippen LogP contribution in [0, 0.1) is 0 Å². The molecule has 0 aliphatic carbocycles. The topological polar surface area (TPSA) is 64.5 Å². The number of aliphatic hydroxyl groups excluding tert-OH is 1. The zero-order valence-electron chi connectivity index (χ0n) is 13.9. The predicted molar refractivity (Wildman–Crippen MR) is 95.2 cm³/mol. The number of hydrogen-bond acceptors (Lipinski definition) is 6. The second-order valence-electron chi connectivity index (χ2n) is 6.59. The van der Waals surface area contributed by atoms with E-state index in [1.165, 1.54) is 0 Å². The summed E-state index contributed by atoms with van der Waals surface area (Å²) in [7, 11) is 2.15. The molecule has 2 aromatic heterocycles. The van der Waals surface area contributed by atoms with Crippen LogP contribution in [0.4, 0.5) is 11.6 Å². The lowest BCUT2D eigenvalue weighted by atomic mass is 10.00. The number of nitrogens with zero attached hydrogens (tertiary/aromatic N) is 4. The van der Waals surface area contributed by atoms with Gasteiger partial charge in [0.2, 0.25) is 0 Å². The van der Waals surface area contributed by atoms with E-state index in [1.807, 2.05) is 18.5 Å². The number of hydrogen-bond donors (Lipinski definition) is 2. The molecule has 4 rings (SSSR count). The lowest BCUT2D eigenvalue weighted by Crippen LogP contribution is -2.44. The highest BCUT2D eigenvalue weighted by Crippen LogP contribution is 2.31. The van der Waals surface area contributed by atoms with Crippen LogP contribution in [0.1, 0.15) is 18.1 Å². The molecule has 1 fully saturated rings. The summed E-state index contributed by atoms with van der Waals surface area (Å²) in [6, 6.07) is 6.19. The number of fused-ring (bicyclic) bond motifs is 1. The first-order chi connectivity index (χ1) is 11.7. The molecule has 6 nitrogen and oxygen atoms in total. The second-order valence-corrected chi connectivity index (χ2v) is 6.59. The van der Waals surface area contributed by atoms with Crippen molar-refractivity contribution < 1.29 is 5.11 Å². The molecule has 0 bridgehead atoms. The van der Waals surface area contributed by atoms with Gasteiger partial charge in [0.25, 0.3) is 0 Å². The minimum atomic E-state index is -0.439. The highest BCUT2D eigenvalue weighted by Gasteiger charge is 2.20. The summed E-state index contributed by atoms with van der Waals surface area (Å²) >= 11 is 0. The average Bonchev–Trinajstić information content (AvgIpc) is 2.63. The molecule has 126 valence electrons. The lowest BCUT2D eigenvalue weighted by Gasteiger charge is -2.33. The van der Waals surface area contributed by atoms with Crippen molar-refractivity contribution in [2.24, 2.45) is 0 Å². The van der Waals surface area contributed by atoms with Gasteiger partial charge in [0.15, 0.2) is 0 Å². The normalized spacial score (nSPS) is 21.2. The quantitative estimate of drug-likeness (QED) is 0.877. The molecule has 1 unspecified atom stereocenters. The first-order valence-electron chi connectivity index (χ1n) is 8.52. The van der Waals surface area contributed by atoms with Crippen LogP contribution in [0.5, 0.6) is 0 Å². The van der Waals surface area contributed by atoms with Crippen LogP contribution in [0.2, 0.25) is 0 Å². The molecule has 0 spiro atoms. The summed E-state index contributed by atoms with van der Waals surface area (Å²) in [6.45, 7) is 4.94. The standard InChI is InChI=1S/C18H23N5O/c1-22-6-8-23(9-7-22)17-3-2-13(11-20-17)14-10-15-16(24)4-5-19-18(15)21-12-14/h2-3,10-12,16,24H,4-9H2,1H3,(H,19,21). The van der Waals surface area contributed by atoms with Gasteiger partial charge in [-0.15, -0.1) is 0 Å². The molecule has 1 saturated heterocycles. The third-order valence-corrected chi connectivity index (χ3v) is 4.89. The van der Waals surface area contributed by atoms with Crippen LogP contribution in [-0.4, -0.2) is 59.7 Å². The number of likely N-dealkylation sites (N-methyl/N-ethyl adjacent to an activating group) is 1. The number of pyridine rings is 2. The van der Waals surface area contributed by atoms with E-state index in [1.54, 1.807) is 0 Å². The molecule has 2 aliphatic heterocycles. The molecule has 4 heterocycles. The van der Waals surface area contributed by atoms with Gasteiger partial charge in [-0.3, -0.25) is 0 Å². The van der Waals surface area contributed by atoms with E-state index in [-0.39, 0.29) is 0 Å². The molecule has 1 atom stereocenters. The van der Waals surface area contributed by atoms with E-state index < -0.39 is 6.10 Å². The maximum Gasteiger partial charge on any atom is 0.131 e. The van der Waals surface area contributed by atoms with Gasteiger partial charge in [-0.25, -0.2) is 9.97 Å². The summed E-state index contributed by atoms with van der Waals surface area (Å²) in [5.41, 5.74) is 2.90. The van der Waals surface area contributed by atoms with Crippen LogP contribution < -0.4 is 10.2 Å². The monoisotopic (exact) mass is 325 g/mol. The smallest absolute Gasteiger partial charge is 0.131 e. The SMILES string of the molecule is CN1CCN(c2ccc(-c3cnc4c(c3)C(O)CCN4)cn2)CC1. The maximum absolute atomic E-state index is 10.2. The van der Waals surface area contributed by atoms with Crippen LogP contribution >= 0.6 is 0 Å². The molecule has 2 N–H and O–H groups in total. The van der Waals surface area contributed by atoms with Crippen molar-refractivity contribution in [2.45, 2.75) is 12.5 Å². The lowest BCUT2D eigenvalue weighted by molar-refractivity contribution is 0.168. The van der Waals surface area contributed by atoms with Gasteiger partial charge in [0.1, 0.15) is 11.6 Å². The van der Waals surface area contributed by atoms with E-state index in [4.69, 9.17) is 0 Å². The van der Waals surface area contributed by atoms with Gasteiger partial charge in [-0.2, -0.15) is 0 Å². The van der Waals surface area contributed by atoms with Crippen LogP contribution in [0.15, 0.2) is 30.6 Å². The van der Waals surface area contributed by atoms with Crippen molar-refractivity contribution in [3.05, 3.63) is 36.2 Å². The number of rotatable bonds is 2. The Morgan fingerprint density at radius 2 is 1.88 bits per heavy atom. The number of aromatic nitrogens is 2. The Morgan fingerprint density at radius 1 is 1.08 bits per heavy atom. The molecule has 2 aromatic rings. The van der Waals surface area contributed by atoms with Gasteiger partial charge in [-0.1, -0.05) is 0 Å². The highest BCUT2D eigenvalue weighted by molar-refractivity contribution is 5.67. The summed E-state index contributed by atoms with van der Waals surface area (Å²) in [6.07, 6.45) is 4.03. The zero-order valence-corrected chi connectivity index (χ0v) is 13.9. The van der Waals surface area contributed by atoms with Crippen molar-refractivity contribution in [3.8, 4) is 11.1 Å². The van der Waals surface area contributed by atoms with Crippen molar-refractivity contribution in [3.63, 3.8) is 0 Å². The van der Waals surface area contributed by atoms with Crippen molar-refractivity contribution in [1.82, 2.24) is 14.9 Å². The van der Waals surface area contributed by atoms with Crippen molar-refractivity contribution >= 4 is 11.6 Å². The Bertz CT molecular complexity index is 710. The fraction of sp³-hybridized carbons (Fsp3) is 0.444. The van der Waals surface area contributed by atoms with Crippen LogP contribution in [0.25, 0.3) is 11.1 Å². The largest absolute Gasteiger partial charge is 0.388 e. The number of aliphatic hydroxyl groups is 1.